The molecule has 2 rings (SSSR count). The lowest BCUT2D eigenvalue weighted by atomic mass is 10.2. The second-order valence-electron chi connectivity index (χ2n) is 4.18. The van der Waals surface area contributed by atoms with Gasteiger partial charge in [-0.15, -0.1) is 11.8 Å². The largest absolute Gasteiger partial charge is 0.370 e. The number of rotatable bonds is 4. The van der Waals surface area contributed by atoms with E-state index in [0.29, 0.717) is 0 Å². The van der Waals surface area contributed by atoms with Gasteiger partial charge in [-0.25, -0.2) is 0 Å². The minimum Gasteiger partial charge on any atom is -0.370 e. The molecule has 18 heavy (non-hydrogen) atoms. The summed E-state index contributed by atoms with van der Waals surface area (Å²) in [7, 11) is 2.12. The summed E-state index contributed by atoms with van der Waals surface area (Å²) in [5.41, 5.74) is 2.56. The van der Waals surface area contributed by atoms with Gasteiger partial charge < -0.3 is 4.90 Å². The van der Waals surface area contributed by atoms with Crippen LogP contribution in [0.4, 0.5) is 5.69 Å². The van der Waals surface area contributed by atoms with Crippen LogP contribution in [0.25, 0.3) is 0 Å². The molecule has 0 aliphatic heterocycles. The van der Waals surface area contributed by atoms with Gasteiger partial charge in [0.1, 0.15) is 0 Å². The highest BCUT2D eigenvalue weighted by atomic mass is 79.9. The van der Waals surface area contributed by atoms with E-state index in [9.17, 15) is 0 Å². The quantitative estimate of drug-likeness (QED) is 0.743. The van der Waals surface area contributed by atoms with Crippen LogP contribution in [0.1, 0.15) is 5.56 Å². The minimum atomic E-state index is 0.923. The Bertz CT molecular complexity index is 493. The number of halogens is 1. The zero-order valence-corrected chi connectivity index (χ0v) is 13.0. The second-order valence-corrected chi connectivity index (χ2v) is 5.98. The molecule has 3 heteroatoms. The molecule has 0 aliphatic rings. The first-order valence-corrected chi connectivity index (χ1v) is 7.80. The molecule has 0 atom stereocenters. The van der Waals surface area contributed by atoms with Crippen LogP contribution in [0.2, 0.25) is 0 Å². The predicted molar refractivity (Wildman–Crippen MR) is 84.5 cm³/mol. The van der Waals surface area contributed by atoms with Crippen molar-refractivity contribution in [2.24, 2.45) is 0 Å². The maximum Gasteiger partial charge on any atom is 0.0426 e. The van der Waals surface area contributed by atoms with Crippen LogP contribution < -0.4 is 4.90 Å². The molecular formula is C15H16BrNS. The molecule has 2 aromatic rings. The van der Waals surface area contributed by atoms with Crippen molar-refractivity contribution in [3.8, 4) is 0 Å². The Morgan fingerprint density at radius 3 is 2.17 bits per heavy atom. The third kappa shape index (κ3) is 3.53. The van der Waals surface area contributed by atoms with Gasteiger partial charge in [0.2, 0.25) is 0 Å². The normalized spacial score (nSPS) is 10.4. The summed E-state index contributed by atoms with van der Waals surface area (Å²) < 4.78 is 1.12. The molecule has 0 saturated heterocycles. The van der Waals surface area contributed by atoms with E-state index in [1.807, 2.05) is 0 Å². The maximum atomic E-state index is 3.46. The van der Waals surface area contributed by atoms with Gasteiger partial charge in [0.25, 0.3) is 0 Å². The van der Waals surface area contributed by atoms with Crippen LogP contribution in [0.5, 0.6) is 0 Å². The van der Waals surface area contributed by atoms with Gasteiger partial charge in [0.05, 0.1) is 0 Å². The van der Waals surface area contributed by atoms with Gasteiger partial charge in [0.15, 0.2) is 0 Å². The smallest absolute Gasteiger partial charge is 0.0426 e. The average molecular weight is 322 g/mol. The molecule has 1 nitrogen and oxygen atoms in total. The van der Waals surface area contributed by atoms with E-state index in [-0.39, 0.29) is 0 Å². The minimum absolute atomic E-state index is 0.923. The number of hydrogen-bond donors (Lipinski definition) is 0. The van der Waals surface area contributed by atoms with Crippen LogP contribution >= 0.6 is 27.7 Å². The molecular weight excluding hydrogens is 306 g/mol. The molecule has 0 heterocycles. The topological polar surface area (TPSA) is 3.24 Å². The lowest BCUT2D eigenvalue weighted by Gasteiger charge is -2.19. The Labute approximate surface area is 121 Å². The molecule has 0 radical (unpaired) electrons. The zero-order chi connectivity index (χ0) is 13.0. The highest BCUT2D eigenvalue weighted by molar-refractivity contribution is 9.10. The number of anilines is 1. The van der Waals surface area contributed by atoms with Crippen molar-refractivity contribution < 1.29 is 0 Å². The fourth-order valence-corrected chi connectivity index (χ4v) is 2.46. The van der Waals surface area contributed by atoms with Crippen LogP contribution in [0.3, 0.4) is 0 Å². The first-order chi connectivity index (χ1) is 8.69. The standard InChI is InChI=1S/C15H16BrNS/c1-17(11-12-3-5-13(16)6-4-12)14-7-9-15(18-2)10-8-14/h3-10H,11H2,1-2H3. The summed E-state index contributed by atoms with van der Waals surface area (Å²) in [6.07, 6.45) is 2.10. The molecule has 0 saturated carbocycles. The third-order valence-electron chi connectivity index (χ3n) is 2.85. The van der Waals surface area contributed by atoms with Gasteiger partial charge in [-0.05, 0) is 48.2 Å². The van der Waals surface area contributed by atoms with Crippen LogP contribution in [0, 0.1) is 0 Å². The molecule has 0 aromatic heterocycles. The van der Waals surface area contributed by atoms with Crippen LogP contribution in [-0.4, -0.2) is 13.3 Å². The van der Waals surface area contributed by atoms with Gasteiger partial charge in [-0.3, -0.25) is 0 Å². The summed E-state index contributed by atoms with van der Waals surface area (Å²) in [4.78, 5) is 3.56. The summed E-state index contributed by atoms with van der Waals surface area (Å²) in [5, 5.41) is 0. The SMILES string of the molecule is CSc1ccc(N(C)Cc2ccc(Br)cc2)cc1. The first-order valence-electron chi connectivity index (χ1n) is 5.78. The lowest BCUT2D eigenvalue weighted by Crippen LogP contribution is -2.16. The van der Waals surface area contributed by atoms with Crippen molar-refractivity contribution in [2.45, 2.75) is 11.4 Å². The highest BCUT2D eigenvalue weighted by Gasteiger charge is 2.02. The van der Waals surface area contributed by atoms with Crippen LogP contribution in [-0.2, 0) is 6.54 Å². The van der Waals surface area contributed by atoms with Gasteiger partial charge in [-0.2, -0.15) is 0 Å². The Hall–Kier alpha value is -0.930. The van der Waals surface area contributed by atoms with Gasteiger partial charge >= 0.3 is 0 Å². The van der Waals surface area contributed by atoms with Gasteiger partial charge in [-0.1, -0.05) is 28.1 Å². The zero-order valence-electron chi connectivity index (χ0n) is 10.6. The number of nitrogens with zero attached hydrogens (tertiary/aromatic N) is 1. The Balaban J connectivity index is 2.06. The fourth-order valence-electron chi connectivity index (χ4n) is 1.79. The van der Waals surface area contributed by atoms with Crippen molar-refractivity contribution in [1.82, 2.24) is 0 Å². The molecule has 0 fully saturated rings. The molecule has 0 unspecified atom stereocenters. The fraction of sp³-hybridized carbons (Fsp3) is 0.200. The van der Waals surface area contributed by atoms with E-state index in [1.54, 1.807) is 11.8 Å². The maximum absolute atomic E-state index is 3.46. The Kier molecular flexibility index (Phi) is 4.72. The van der Waals surface area contributed by atoms with E-state index < -0.39 is 0 Å². The van der Waals surface area contributed by atoms with E-state index >= 15 is 0 Å². The van der Waals surface area contributed by atoms with E-state index in [1.165, 1.54) is 16.1 Å². The Morgan fingerprint density at radius 2 is 1.61 bits per heavy atom. The molecule has 94 valence electrons. The van der Waals surface area contributed by atoms with Crippen molar-refractivity contribution in [1.29, 1.82) is 0 Å². The summed E-state index contributed by atoms with van der Waals surface area (Å²) in [6, 6.07) is 17.1. The molecule has 0 amide bonds. The molecule has 2 aromatic carbocycles. The number of thioether (sulfide) groups is 1. The van der Waals surface area contributed by atoms with Gasteiger partial charge in [0, 0.05) is 28.6 Å². The molecule has 0 aliphatic carbocycles. The third-order valence-corrected chi connectivity index (χ3v) is 4.12. The molecule has 0 bridgehead atoms. The average Bonchev–Trinajstić information content (AvgIpc) is 2.41. The molecule has 0 N–H and O–H groups in total. The van der Waals surface area contributed by atoms with Crippen LogP contribution in [0.15, 0.2) is 57.9 Å². The van der Waals surface area contributed by atoms with Crippen molar-refractivity contribution >= 4 is 33.4 Å². The summed E-state index contributed by atoms with van der Waals surface area (Å²) in [6.45, 7) is 0.923. The summed E-state index contributed by atoms with van der Waals surface area (Å²) in [5.74, 6) is 0. The van der Waals surface area contributed by atoms with E-state index in [4.69, 9.17) is 0 Å². The molecule has 0 spiro atoms. The second kappa shape index (κ2) is 6.30. The highest BCUT2D eigenvalue weighted by Crippen LogP contribution is 2.21. The number of benzene rings is 2. The Morgan fingerprint density at radius 1 is 1.00 bits per heavy atom. The van der Waals surface area contributed by atoms with E-state index in [0.717, 1.165) is 11.0 Å². The summed E-state index contributed by atoms with van der Waals surface area (Å²) >= 11 is 5.23. The monoisotopic (exact) mass is 321 g/mol. The number of hydrogen-bond acceptors (Lipinski definition) is 2. The lowest BCUT2D eigenvalue weighted by molar-refractivity contribution is 0.922. The van der Waals surface area contributed by atoms with Crippen molar-refractivity contribution in [3.63, 3.8) is 0 Å². The predicted octanol–water partition coefficient (Wildman–Crippen LogP) is 4.81. The van der Waals surface area contributed by atoms with Crippen molar-refractivity contribution in [2.75, 3.05) is 18.2 Å². The first kappa shape index (κ1) is 13.5. The van der Waals surface area contributed by atoms with E-state index in [2.05, 4.69) is 82.7 Å². The van der Waals surface area contributed by atoms with Crippen molar-refractivity contribution in [3.05, 3.63) is 58.6 Å².